The normalized spacial score (nSPS) is 15.2. The van der Waals surface area contributed by atoms with Gasteiger partial charge in [-0.25, -0.2) is 4.98 Å². The van der Waals surface area contributed by atoms with E-state index in [9.17, 15) is 9.59 Å². The highest BCUT2D eigenvalue weighted by atomic mass is 35.5. The number of hydrogen-bond acceptors (Lipinski definition) is 4. The lowest BCUT2D eigenvalue weighted by atomic mass is 10.1. The summed E-state index contributed by atoms with van der Waals surface area (Å²) in [6.45, 7) is 2.27. The Balaban J connectivity index is 1.45. The number of fused-ring (bicyclic) bond motifs is 1. The number of carbonyl (C=O) groups is 2. The number of ether oxygens (including phenoxy) is 1. The molecular weight excluding hydrogens is 414 g/mol. The first-order valence-corrected chi connectivity index (χ1v) is 10.4. The first kappa shape index (κ1) is 20.9. The van der Waals surface area contributed by atoms with Crippen molar-refractivity contribution in [2.75, 3.05) is 16.8 Å². The van der Waals surface area contributed by atoms with Crippen LogP contribution in [0.5, 0.6) is 5.75 Å². The van der Waals surface area contributed by atoms with Crippen molar-refractivity contribution in [3.05, 3.63) is 83.0 Å². The predicted octanol–water partition coefficient (Wildman–Crippen LogP) is 4.93. The number of benzene rings is 2. The Morgan fingerprint density at radius 1 is 1.16 bits per heavy atom. The van der Waals surface area contributed by atoms with Gasteiger partial charge in [0.25, 0.3) is 5.91 Å². The maximum atomic E-state index is 13.2. The summed E-state index contributed by atoms with van der Waals surface area (Å²) in [6.07, 6.45) is 1.63. The first-order chi connectivity index (χ1) is 15.0. The van der Waals surface area contributed by atoms with Crippen LogP contribution in [0.4, 0.5) is 11.5 Å². The molecule has 0 radical (unpaired) electrons. The minimum absolute atomic E-state index is 0.132. The van der Waals surface area contributed by atoms with Crippen LogP contribution in [0.3, 0.4) is 0 Å². The standard InChI is InChI=1S/C24H22ClN3O3/c1-16-11-12-18(25)15-19(16)27-21(29)10-6-14-28-23-20(9-5-13-26-23)31-22(24(28)30)17-7-3-2-4-8-17/h2-5,7-9,11-13,15,22H,6,10,14H2,1H3,(H,27,29)/t22-/m1/s1. The molecule has 1 aliphatic heterocycles. The Labute approximate surface area is 185 Å². The van der Waals surface area contributed by atoms with Crippen LogP contribution in [0.15, 0.2) is 66.9 Å². The van der Waals surface area contributed by atoms with E-state index in [1.165, 1.54) is 0 Å². The summed E-state index contributed by atoms with van der Waals surface area (Å²) in [5, 5.41) is 3.45. The first-order valence-electron chi connectivity index (χ1n) is 10.1. The van der Waals surface area contributed by atoms with Gasteiger partial charge in [0, 0.05) is 35.4 Å². The van der Waals surface area contributed by atoms with Gasteiger partial charge in [-0.1, -0.05) is 48.0 Å². The maximum Gasteiger partial charge on any atom is 0.274 e. The van der Waals surface area contributed by atoms with Crippen molar-refractivity contribution in [3.8, 4) is 5.75 Å². The number of aromatic nitrogens is 1. The number of aryl methyl sites for hydroxylation is 1. The van der Waals surface area contributed by atoms with E-state index in [-0.39, 0.29) is 18.2 Å². The number of anilines is 2. The summed E-state index contributed by atoms with van der Waals surface area (Å²) in [7, 11) is 0. The molecule has 0 aliphatic carbocycles. The Bertz CT molecular complexity index is 1100. The summed E-state index contributed by atoms with van der Waals surface area (Å²) in [5.41, 5.74) is 2.40. The van der Waals surface area contributed by atoms with E-state index in [1.807, 2.05) is 43.3 Å². The van der Waals surface area contributed by atoms with Gasteiger partial charge < -0.3 is 10.1 Å². The third-order valence-electron chi connectivity index (χ3n) is 5.10. The number of hydrogen-bond donors (Lipinski definition) is 1. The summed E-state index contributed by atoms with van der Waals surface area (Å²) < 4.78 is 5.95. The SMILES string of the molecule is Cc1ccc(Cl)cc1NC(=O)CCCN1C(=O)[C@@H](c2ccccc2)Oc2cccnc21. The van der Waals surface area contributed by atoms with E-state index in [4.69, 9.17) is 16.3 Å². The molecule has 2 aromatic carbocycles. The molecule has 1 aromatic heterocycles. The molecule has 1 aliphatic rings. The van der Waals surface area contributed by atoms with Gasteiger partial charge in [-0.05, 0) is 43.2 Å². The topological polar surface area (TPSA) is 71.5 Å². The van der Waals surface area contributed by atoms with Crippen molar-refractivity contribution in [1.29, 1.82) is 0 Å². The van der Waals surface area contributed by atoms with E-state index < -0.39 is 6.10 Å². The third-order valence-corrected chi connectivity index (χ3v) is 5.34. The second kappa shape index (κ2) is 9.18. The van der Waals surface area contributed by atoms with E-state index in [0.717, 1.165) is 11.1 Å². The number of carbonyl (C=O) groups excluding carboxylic acids is 2. The monoisotopic (exact) mass is 435 g/mol. The third kappa shape index (κ3) is 4.70. The number of pyridine rings is 1. The van der Waals surface area contributed by atoms with Gasteiger partial charge in [0.15, 0.2) is 11.6 Å². The molecule has 0 saturated carbocycles. The molecule has 2 amide bonds. The molecule has 0 fully saturated rings. The van der Waals surface area contributed by atoms with Crippen molar-refractivity contribution in [2.24, 2.45) is 0 Å². The molecule has 4 rings (SSSR count). The van der Waals surface area contributed by atoms with Crippen LogP contribution in [-0.4, -0.2) is 23.3 Å². The average molecular weight is 436 g/mol. The molecule has 6 nitrogen and oxygen atoms in total. The fourth-order valence-corrected chi connectivity index (χ4v) is 3.67. The van der Waals surface area contributed by atoms with Gasteiger partial charge in [-0.3, -0.25) is 14.5 Å². The minimum atomic E-state index is -0.735. The highest BCUT2D eigenvalue weighted by Crippen LogP contribution is 2.37. The molecule has 158 valence electrons. The molecule has 0 spiro atoms. The summed E-state index contributed by atoms with van der Waals surface area (Å²) in [6, 6.07) is 18.3. The molecule has 1 N–H and O–H groups in total. The lowest BCUT2D eigenvalue weighted by molar-refractivity contribution is -0.127. The Hall–Kier alpha value is -3.38. The molecule has 1 atom stereocenters. The Kier molecular flexibility index (Phi) is 6.18. The van der Waals surface area contributed by atoms with E-state index in [2.05, 4.69) is 10.3 Å². The molecule has 0 saturated heterocycles. The van der Waals surface area contributed by atoms with E-state index in [1.54, 1.807) is 35.4 Å². The van der Waals surface area contributed by atoms with Crippen molar-refractivity contribution in [2.45, 2.75) is 25.9 Å². The second-order valence-electron chi connectivity index (χ2n) is 7.33. The van der Waals surface area contributed by atoms with Gasteiger partial charge >= 0.3 is 0 Å². The summed E-state index contributed by atoms with van der Waals surface area (Å²) >= 11 is 6.02. The Morgan fingerprint density at radius 3 is 2.77 bits per heavy atom. The van der Waals surface area contributed by atoms with Crippen molar-refractivity contribution < 1.29 is 14.3 Å². The van der Waals surface area contributed by atoms with Crippen molar-refractivity contribution in [3.63, 3.8) is 0 Å². The molecule has 0 bridgehead atoms. The fourth-order valence-electron chi connectivity index (χ4n) is 3.49. The molecule has 3 aromatic rings. The lowest BCUT2D eigenvalue weighted by Crippen LogP contribution is -2.42. The number of nitrogens with zero attached hydrogens (tertiary/aromatic N) is 2. The fraction of sp³-hybridized carbons (Fsp3) is 0.208. The maximum absolute atomic E-state index is 13.2. The molecule has 2 heterocycles. The molecular formula is C24H22ClN3O3. The zero-order chi connectivity index (χ0) is 21.8. The number of nitrogens with one attached hydrogen (secondary N) is 1. The highest BCUT2D eigenvalue weighted by Gasteiger charge is 2.36. The predicted molar refractivity (Wildman–Crippen MR) is 120 cm³/mol. The van der Waals surface area contributed by atoms with Crippen molar-refractivity contribution in [1.82, 2.24) is 4.98 Å². The highest BCUT2D eigenvalue weighted by molar-refractivity contribution is 6.31. The van der Waals surface area contributed by atoms with Crippen LogP contribution < -0.4 is 15.0 Å². The molecule has 7 heteroatoms. The Morgan fingerprint density at radius 2 is 1.97 bits per heavy atom. The summed E-state index contributed by atoms with van der Waals surface area (Å²) in [4.78, 5) is 31.6. The number of amides is 2. The number of rotatable bonds is 6. The number of halogens is 1. The summed E-state index contributed by atoms with van der Waals surface area (Å²) in [5.74, 6) is 0.705. The van der Waals surface area contributed by atoms with Gasteiger partial charge in [-0.2, -0.15) is 0 Å². The van der Waals surface area contributed by atoms with Crippen LogP contribution in [-0.2, 0) is 9.59 Å². The minimum Gasteiger partial charge on any atom is -0.472 e. The quantitative estimate of drug-likeness (QED) is 0.596. The van der Waals surface area contributed by atoms with E-state index in [0.29, 0.717) is 35.2 Å². The molecule has 0 unspecified atom stereocenters. The lowest BCUT2D eigenvalue weighted by Gasteiger charge is -2.33. The van der Waals surface area contributed by atoms with Crippen molar-refractivity contribution >= 4 is 34.9 Å². The zero-order valence-electron chi connectivity index (χ0n) is 17.0. The van der Waals surface area contributed by atoms with Gasteiger partial charge in [0.2, 0.25) is 12.0 Å². The van der Waals surface area contributed by atoms with Gasteiger partial charge in [0.1, 0.15) is 0 Å². The molecule has 31 heavy (non-hydrogen) atoms. The average Bonchev–Trinajstić information content (AvgIpc) is 2.78. The smallest absolute Gasteiger partial charge is 0.274 e. The van der Waals surface area contributed by atoms with Crippen LogP contribution in [0.1, 0.15) is 30.1 Å². The van der Waals surface area contributed by atoms with Gasteiger partial charge in [-0.15, -0.1) is 0 Å². The van der Waals surface area contributed by atoms with Crippen LogP contribution in [0.2, 0.25) is 5.02 Å². The van der Waals surface area contributed by atoms with Crippen LogP contribution in [0.25, 0.3) is 0 Å². The van der Waals surface area contributed by atoms with Crippen LogP contribution in [0, 0.1) is 6.92 Å². The van der Waals surface area contributed by atoms with Gasteiger partial charge in [0.05, 0.1) is 0 Å². The zero-order valence-corrected chi connectivity index (χ0v) is 17.8. The second-order valence-corrected chi connectivity index (χ2v) is 7.77. The van der Waals surface area contributed by atoms with E-state index >= 15 is 0 Å². The van der Waals surface area contributed by atoms with Crippen LogP contribution >= 0.6 is 11.6 Å². The largest absolute Gasteiger partial charge is 0.472 e.